The van der Waals surface area contributed by atoms with Crippen molar-refractivity contribution in [2.24, 2.45) is 0 Å². The van der Waals surface area contributed by atoms with Crippen molar-refractivity contribution in [3.8, 4) is 0 Å². The van der Waals surface area contributed by atoms with Crippen molar-refractivity contribution in [1.29, 1.82) is 0 Å². The first-order chi connectivity index (χ1) is 9.22. The molecular formula is C15H19NO2S. The molecule has 0 spiro atoms. The van der Waals surface area contributed by atoms with Crippen molar-refractivity contribution in [2.45, 2.75) is 31.8 Å². The summed E-state index contributed by atoms with van der Waals surface area (Å²) in [5, 5.41) is 4.74. The maximum atomic E-state index is 11.3. The van der Waals surface area contributed by atoms with Crippen LogP contribution in [0.25, 0.3) is 11.0 Å². The van der Waals surface area contributed by atoms with Crippen molar-refractivity contribution in [1.82, 2.24) is 5.32 Å². The first-order valence-electron chi connectivity index (χ1n) is 6.82. The first kappa shape index (κ1) is 12.9. The minimum absolute atomic E-state index is 0.198. The van der Waals surface area contributed by atoms with Crippen LogP contribution in [0.2, 0.25) is 0 Å². The number of fused-ring (bicyclic) bond motifs is 1. The normalized spacial score (nSPS) is 25.5. The van der Waals surface area contributed by atoms with E-state index in [0.29, 0.717) is 6.04 Å². The summed E-state index contributed by atoms with van der Waals surface area (Å²) in [4.78, 5) is 0. The van der Waals surface area contributed by atoms with E-state index in [4.69, 9.17) is 4.42 Å². The average Bonchev–Trinajstić information content (AvgIpc) is 2.85. The van der Waals surface area contributed by atoms with E-state index in [1.807, 2.05) is 18.2 Å². The molecule has 3 rings (SSSR count). The van der Waals surface area contributed by atoms with Crippen molar-refractivity contribution in [3.63, 3.8) is 0 Å². The average molecular weight is 277 g/mol. The summed E-state index contributed by atoms with van der Waals surface area (Å²) in [5.41, 5.74) is 0.941. The van der Waals surface area contributed by atoms with Gasteiger partial charge in [0.25, 0.3) is 0 Å². The third-order valence-electron chi connectivity index (χ3n) is 3.75. The van der Waals surface area contributed by atoms with Crippen molar-refractivity contribution in [2.75, 3.05) is 11.5 Å². The number of furan rings is 1. The maximum Gasteiger partial charge on any atom is 0.134 e. The van der Waals surface area contributed by atoms with Crippen LogP contribution in [0.1, 0.15) is 31.6 Å². The predicted molar refractivity (Wildman–Crippen MR) is 78.7 cm³/mol. The summed E-state index contributed by atoms with van der Waals surface area (Å²) in [5.74, 6) is 2.63. The lowest BCUT2D eigenvalue weighted by Crippen LogP contribution is -2.37. The Hall–Kier alpha value is -1.13. The Kier molecular flexibility index (Phi) is 3.71. The molecule has 2 heterocycles. The SMILES string of the molecule is CC(NC1CCS(=O)CC1)c1cc2ccccc2o1. The molecule has 1 aliphatic heterocycles. The summed E-state index contributed by atoms with van der Waals surface area (Å²) in [6, 6.07) is 10.8. The molecule has 3 nitrogen and oxygen atoms in total. The molecule has 19 heavy (non-hydrogen) atoms. The molecular weight excluding hydrogens is 258 g/mol. The van der Waals surface area contributed by atoms with Gasteiger partial charge in [-0.15, -0.1) is 0 Å². The zero-order chi connectivity index (χ0) is 13.2. The quantitative estimate of drug-likeness (QED) is 0.938. The van der Waals surface area contributed by atoms with Crippen molar-refractivity contribution < 1.29 is 8.63 Å². The lowest BCUT2D eigenvalue weighted by molar-refractivity contribution is 0.382. The second kappa shape index (κ2) is 5.47. The van der Waals surface area contributed by atoms with E-state index in [0.717, 1.165) is 41.1 Å². The summed E-state index contributed by atoms with van der Waals surface area (Å²) in [6.45, 7) is 2.13. The number of nitrogens with one attached hydrogen (secondary N) is 1. The maximum absolute atomic E-state index is 11.3. The third kappa shape index (κ3) is 2.90. The molecule has 1 aliphatic rings. The van der Waals surface area contributed by atoms with Crippen LogP contribution in [0.3, 0.4) is 0 Å². The van der Waals surface area contributed by atoms with Gasteiger partial charge in [0.1, 0.15) is 11.3 Å². The number of hydrogen-bond donors (Lipinski definition) is 1. The lowest BCUT2D eigenvalue weighted by Gasteiger charge is -2.25. The Balaban J connectivity index is 1.69. The van der Waals surface area contributed by atoms with Crippen LogP contribution in [0.4, 0.5) is 0 Å². The molecule has 0 amide bonds. The molecule has 0 bridgehead atoms. The minimum atomic E-state index is -0.596. The van der Waals surface area contributed by atoms with E-state index in [-0.39, 0.29) is 6.04 Å². The van der Waals surface area contributed by atoms with E-state index in [1.54, 1.807) is 0 Å². The number of hydrogen-bond acceptors (Lipinski definition) is 3. The molecule has 1 N–H and O–H groups in total. The van der Waals surface area contributed by atoms with Crippen LogP contribution >= 0.6 is 0 Å². The summed E-state index contributed by atoms with van der Waals surface area (Å²) in [7, 11) is -0.596. The number of benzene rings is 1. The van der Waals surface area contributed by atoms with Gasteiger partial charge in [0, 0.05) is 33.7 Å². The largest absolute Gasteiger partial charge is 0.459 e. The third-order valence-corrected chi connectivity index (χ3v) is 5.13. The fraction of sp³-hybridized carbons (Fsp3) is 0.467. The zero-order valence-corrected chi connectivity index (χ0v) is 11.9. The van der Waals surface area contributed by atoms with Gasteiger partial charge < -0.3 is 9.73 Å². The van der Waals surface area contributed by atoms with Crippen LogP contribution in [0, 0.1) is 0 Å². The Morgan fingerprint density at radius 2 is 2.05 bits per heavy atom. The fourth-order valence-corrected chi connectivity index (χ4v) is 3.91. The Morgan fingerprint density at radius 3 is 2.79 bits per heavy atom. The summed E-state index contributed by atoms with van der Waals surface area (Å²) < 4.78 is 17.2. The second-order valence-electron chi connectivity index (χ2n) is 5.20. The second-order valence-corrected chi connectivity index (χ2v) is 6.89. The van der Waals surface area contributed by atoms with Crippen LogP contribution in [-0.2, 0) is 10.8 Å². The molecule has 1 saturated heterocycles. The van der Waals surface area contributed by atoms with Gasteiger partial charge in [-0.2, -0.15) is 0 Å². The highest BCUT2D eigenvalue weighted by Crippen LogP contribution is 2.24. The summed E-state index contributed by atoms with van der Waals surface area (Å²) in [6.07, 6.45) is 1.99. The molecule has 102 valence electrons. The first-order valence-corrected chi connectivity index (χ1v) is 8.30. The molecule has 1 aromatic heterocycles. The molecule has 0 radical (unpaired) electrons. The van der Waals surface area contributed by atoms with E-state index in [2.05, 4.69) is 24.4 Å². The predicted octanol–water partition coefficient (Wildman–Crippen LogP) is 2.99. The van der Waals surface area contributed by atoms with Crippen LogP contribution < -0.4 is 5.32 Å². The highest BCUT2D eigenvalue weighted by molar-refractivity contribution is 7.85. The molecule has 0 saturated carbocycles. The Morgan fingerprint density at radius 1 is 1.32 bits per heavy atom. The van der Waals surface area contributed by atoms with E-state index >= 15 is 0 Å². The fourth-order valence-electron chi connectivity index (χ4n) is 2.61. The molecule has 1 unspecified atom stereocenters. The van der Waals surface area contributed by atoms with E-state index in [1.165, 1.54) is 0 Å². The van der Waals surface area contributed by atoms with Gasteiger partial charge >= 0.3 is 0 Å². The standard InChI is InChI=1S/C15H19NO2S/c1-11(16-13-6-8-19(17)9-7-13)15-10-12-4-2-3-5-14(12)18-15/h2-5,10-11,13,16H,6-9H2,1H3. The Labute approximate surface area is 115 Å². The molecule has 0 aliphatic carbocycles. The van der Waals surface area contributed by atoms with Crippen LogP contribution in [0.15, 0.2) is 34.7 Å². The smallest absolute Gasteiger partial charge is 0.134 e. The molecule has 1 fully saturated rings. The molecule has 4 heteroatoms. The van der Waals surface area contributed by atoms with Gasteiger partial charge in [-0.1, -0.05) is 18.2 Å². The van der Waals surface area contributed by atoms with Gasteiger partial charge in [-0.05, 0) is 31.9 Å². The topological polar surface area (TPSA) is 42.2 Å². The monoisotopic (exact) mass is 277 g/mol. The Bertz CT molecular complexity index is 550. The van der Waals surface area contributed by atoms with Crippen LogP contribution in [0.5, 0.6) is 0 Å². The molecule has 2 aromatic rings. The molecule has 1 aromatic carbocycles. The number of para-hydroxylation sites is 1. The van der Waals surface area contributed by atoms with Crippen molar-refractivity contribution in [3.05, 3.63) is 36.1 Å². The van der Waals surface area contributed by atoms with Crippen LogP contribution in [-0.4, -0.2) is 21.8 Å². The zero-order valence-electron chi connectivity index (χ0n) is 11.1. The lowest BCUT2D eigenvalue weighted by atomic mass is 10.1. The van der Waals surface area contributed by atoms with Gasteiger partial charge in [0.15, 0.2) is 0 Å². The summed E-state index contributed by atoms with van der Waals surface area (Å²) >= 11 is 0. The molecule has 1 atom stereocenters. The van der Waals surface area contributed by atoms with Crippen molar-refractivity contribution >= 4 is 21.8 Å². The number of rotatable bonds is 3. The van der Waals surface area contributed by atoms with E-state index < -0.39 is 10.8 Å². The van der Waals surface area contributed by atoms with E-state index in [9.17, 15) is 4.21 Å². The highest BCUT2D eigenvalue weighted by Gasteiger charge is 2.21. The van der Waals surface area contributed by atoms with Gasteiger partial charge in [0.2, 0.25) is 0 Å². The van der Waals surface area contributed by atoms with Gasteiger partial charge in [-0.25, -0.2) is 0 Å². The van der Waals surface area contributed by atoms with Gasteiger partial charge in [-0.3, -0.25) is 4.21 Å². The highest BCUT2D eigenvalue weighted by atomic mass is 32.2. The minimum Gasteiger partial charge on any atom is -0.459 e. The van der Waals surface area contributed by atoms with Gasteiger partial charge in [0.05, 0.1) is 6.04 Å².